The van der Waals surface area contributed by atoms with Gasteiger partial charge in [0.15, 0.2) is 0 Å². The van der Waals surface area contributed by atoms with Gasteiger partial charge in [-0.15, -0.1) is 0 Å². The molecule has 0 unspecified atom stereocenters. The fourth-order valence-corrected chi connectivity index (χ4v) is 4.31. The Bertz CT molecular complexity index is 582. The zero-order valence-electron chi connectivity index (χ0n) is 16.2. The Morgan fingerprint density at radius 2 is 2.04 bits per heavy atom. The number of carbonyl (C=O) groups is 1. The van der Waals surface area contributed by atoms with E-state index in [-0.39, 0.29) is 12.5 Å². The summed E-state index contributed by atoms with van der Waals surface area (Å²) in [6, 6.07) is 0.534. The van der Waals surface area contributed by atoms with Crippen LogP contribution in [0.3, 0.4) is 0 Å². The van der Waals surface area contributed by atoms with Gasteiger partial charge in [-0.25, -0.2) is 0 Å². The van der Waals surface area contributed by atoms with Crippen LogP contribution in [0.25, 0.3) is 0 Å². The summed E-state index contributed by atoms with van der Waals surface area (Å²) < 4.78 is 1.73. The van der Waals surface area contributed by atoms with Crippen LogP contribution in [0, 0.1) is 12.8 Å². The quantitative estimate of drug-likeness (QED) is 0.794. The molecule has 1 aromatic heterocycles. The highest BCUT2D eigenvalue weighted by Crippen LogP contribution is 2.27. The number of aliphatic hydroxyl groups is 1. The third-order valence-corrected chi connectivity index (χ3v) is 5.85. The Kier molecular flexibility index (Phi) is 6.67. The molecule has 0 aromatic carbocycles. The van der Waals surface area contributed by atoms with Gasteiger partial charge < -0.3 is 14.9 Å². The van der Waals surface area contributed by atoms with Crippen molar-refractivity contribution in [2.45, 2.75) is 38.8 Å². The van der Waals surface area contributed by atoms with Gasteiger partial charge in [-0.1, -0.05) is 0 Å². The maximum Gasteiger partial charge on any atom is 0.244 e. The fraction of sp³-hybridized carbons (Fsp3) is 0.789. The maximum atomic E-state index is 12.7. The van der Waals surface area contributed by atoms with Crippen LogP contribution in [-0.4, -0.2) is 94.5 Å². The van der Waals surface area contributed by atoms with E-state index in [2.05, 4.69) is 21.9 Å². The zero-order chi connectivity index (χ0) is 18.5. The summed E-state index contributed by atoms with van der Waals surface area (Å²) in [7, 11) is 2.18. The molecule has 2 aliphatic heterocycles. The molecular weight excluding hydrogens is 330 g/mol. The molecule has 0 radical (unpaired) electrons. The van der Waals surface area contributed by atoms with Crippen molar-refractivity contribution in [2.24, 2.45) is 5.92 Å². The van der Waals surface area contributed by atoms with Gasteiger partial charge in [0.1, 0.15) is 6.54 Å². The standard InChI is InChI=1S/C19H33N5O2/c1-16-12-20-24(13-16)15-19(26)23-6-5-18(17(14-23)4-3-11-25)22-9-7-21(2)8-10-22/h12-13,17-18,25H,3-11,14-15H2,1-2H3/t17-,18+/m0/s1. The molecule has 0 saturated carbocycles. The molecule has 0 bridgehead atoms. The highest BCUT2D eigenvalue weighted by atomic mass is 16.3. The van der Waals surface area contributed by atoms with Crippen LogP contribution in [0.1, 0.15) is 24.8 Å². The lowest BCUT2D eigenvalue weighted by Crippen LogP contribution is -2.57. The van der Waals surface area contributed by atoms with Crippen LogP contribution >= 0.6 is 0 Å². The molecule has 2 aliphatic rings. The number of amides is 1. The number of piperazine rings is 1. The first-order valence-corrected chi connectivity index (χ1v) is 9.87. The predicted molar refractivity (Wildman–Crippen MR) is 101 cm³/mol. The number of carbonyl (C=O) groups excluding carboxylic acids is 1. The first-order valence-electron chi connectivity index (χ1n) is 9.87. The van der Waals surface area contributed by atoms with Gasteiger partial charge in [-0.2, -0.15) is 5.10 Å². The average Bonchev–Trinajstić information content (AvgIpc) is 3.05. The number of rotatable bonds is 6. The third-order valence-electron chi connectivity index (χ3n) is 5.85. The first kappa shape index (κ1) is 19.3. The lowest BCUT2D eigenvalue weighted by molar-refractivity contribution is -0.135. The highest BCUT2D eigenvalue weighted by Gasteiger charge is 2.35. The van der Waals surface area contributed by atoms with E-state index >= 15 is 0 Å². The van der Waals surface area contributed by atoms with Gasteiger partial charge in [0.05, 0.1) is 6.20 Å². The second-order valence-electron chi connectivity index (χ2n) is 7.88. The minimum Gasteiger partial charge on any atom is -0.396 e. The van der Waals surface area contributed by atoms with Crippen molar-refractivity contribution >= 4 is 5.91 Å². The van der Waals surface area contributed by atoms with Crippen LogP contribution in [0.5, 0.6) is 0 Å². The molecule has 7 nitrogen and oxygen atoms in total. The molecule has 2 fully saturated rings. The van der Waals surface area contributed by atoms with Crippen molar-refractivity contribution in [1.82, 2.24) is 24.5 Å². The van der Waals surface area contributed by atoms with Crippen molar-refractivity contribution in [1.29, 1.82) is 0 Å². The van der Waals surface area contributed by atoms with Crippen molar-refractivity contribution in [3.63, 3.8) is 0 Å². The monoisotopic (exact) mass is 363 g/mol. The third kappa shape index (κ3) is 4.84. The summed E-state index contributed by atoms with van der Waals surface area (Å²) in [5.41, 5.74) is 1.08. The van der Waals surface area contributed by atoms with E-state index in [4.69, 9.17) is 0 Å². The number of nitrogens with zero attached hydrogens (tertiary/aromatic N) is 5. The number of aromatic nitrogens is 2. The molecular formula is C19H33N5O2. The van der Waals surface area contributed by atoms with Gasteiger partial charge >= 0.3 is 0 Å². The summed E-state index contributed by atoms with van der Waals surface area (Å²) >= 11 is 0. The number of likely N-dealkylation sites (tertiary alicyclic amines) is 1. The van der Waals surface area contributed by atoms with E-state index in [9.17, 15) is 9.90 Å². The smallest absolute Gasteiger partial charge is 0.244 e. The highest BCUT2D eigenvalue weighted by molar-refractivity contribution is 5.76. The second kappa shape index (κ2) is 8.97. The molecule has 146 valence electrons. The number of aryl methyl sites for hydroxylation is 1. The van der Waals surface area contributed by atoms with Crippen LogP contribution in [0.4, 0.5) is 0 Å². The van der Waals surface area contributed by atoms with E-state index in [1.165, 1.54) is 0 Å². The van der Waals surface area contributed by atoms with Gasteiger partial charge in [-0.05, 0) is 44.7 Å². The molecule has 1 aromatic rings. The Balaban J connectivity index is 1.60. The van der Waals surface area contributed by atoms with Gasteiger partial charge in [0, 0.05) is 58.1 Å². The maximum absolute atomic E-state index is 12.7. The summed E-state index contributed by atoms with van der Waals surface area (Å²) in [6.45, 7) is 8.61. The largest absolute Gasteiger partial charge is 0.396 e. The number of hydrogen-bond donors (Lipinski definition) is 1. The van der Waals surface area contributed by atoms with Crippen LogP contribution in [0.2, 0.25) is 0 Å². The molecule has 1 amide bonds. The van der Waals surface area contributed by atoms with E-state index < -0.39 is 0 Å². The predicted octanol–water partition coefficient (Wildman–Crippen LogP) is 0.429. The number of hydrogen-bond acceptors (Lipinski definition) is 5. The number of likely N-dealkylation sites (N-methyl/N-ethyl adjacent to an activating group) is 1. The van der Waals surface area contributed by atoms with Crippen molar-refractivity contribution in [3.8, 4) is 0 Å². The molecule has 2 atom stereocenters. The van der Waals surface area contributed by atoms with E-state index in [0.717, 1.165) is 64.1 Å². The molecule has 3 heterocycles. The van der Waals surface area contributed by atoms with Crippen LogP contribution in [-0.2, 0) is 11.3 Å². The molecule has 1 N–H and O–H groups in total. The average molecular weight is 364 g/mol. The Morgan fingerprint density at radius 3 is 2.69 bits per heavy atom. The van der Waals surface area contributed by atoms with Crippen LogP contribution < -0.4 is 0 Å². The normalized spacial score (nSPS) is 25.6. The van der Waals surface area contributed by atoms with E-state index in [0.29, 0.717) is 18.5 Å². The lowest BCUT2D eigenvalue weighted by atomic mass is 9.86. The molecule has 0 spiro atoms. The molecule has 7 heteroatoms. The van der Waals surface area contributed by atoms with E-state index in [1.807, 2.05) is 18.0 Å². The van der Waals surface area contributed by atoms with Crippen molar-refractivity contribution < 1.29 is 9.90 Å². The first-order chi connectivity index (χ1) is 12.6. The van der Waals surface area contributed by atoms with Gasteiger partial charge in [0.25, 0.3) is 0 Å². The fourth-order valence-electron chi connectivity index (χ4n) is 4.31. The van der Waals surface area contributed by atoms with Gasteiger partial charge in [0.2, 0.25) is 5.91 Å². The lowest BCUT2D eigenvalue weighted by Gasteiger charge is -2.46. The summed E-state index contributed by atoms with van der Waals surface area (Å²) in [4.78, 5) is 19.7. The van der Waals surface area contributed by atoms with Gasteiger partial charge in [-0.3, -0.25) is 14.4 Å². The Morgan fingerprint density at radius 1 is 1.27 bits per heavy atom. The summed E-state index contributed by atoms with van der Waals surface area (Å²) in [5.74, 6) is 0.599. The molecule has 3 rings (SSSR count). The molecule has 2 saturated heterocycles. The minimum absolute atomic E-state index is 0.152. The Labute approximate surface area is 156 Å². The summed E-state index contributed by atoms with van der Waals surface area (Å²) in [5, 5.41) is 13.5. The summed E-state index contributed by atoms with van der Waals surface area (Å²) in [6.07, 6.45) is 6.53. The van der Waals surface area contributed by atoms with Crippen LogP contribution in [0.15, 0.2) is 12.4 Å². The van der Waals surface area contributed by atoms with E-state index in [1.54, 1.807) is 10.9 Å². The number of piperidine rings is 1. The second-order valence-corrected chi connectivity index (χ2v) is 7.88. The zero-order valence-corrected chi connectivity index (χ0v) is 16.2. The molecule has 0 aliphatic carbocycles. The van der Waals surface area contributed by atoms with Crippen molar-refractivity contribution in [2.75, 3.05) is 52.9 Å². The number of aliphatic hydroxyl groups excluding tert-OH is 1. The SMILES string of the molecule is Cc1cnn(CC(=O)N2CC[C@@H](N3CCN(C)CC3)[C@@H](CCCO)C2)c1. The van der Waals surface area contributed by atoms with Crippen molar-refractivity contribution in [3.05, 3.63) is 18.0 Å². The molecule has 26 heavy (non-hydrogen) atoms. The minimum atomic E-state index is 0.152. The Hall–Kier alpha value is -1.44. The topological polar surface area (TPSA) is 64.8 Å².